The van der Waals surface area contributed by atoms with E-state index in [-0.39, 0.29) is 18.4 Å². The first-order valence-corrected chi connectivity index (χ1v) is 7.84. The van der Waals surface area contributed by atoms with Crippen LogP contribution in [0, 0.1) is 6.92 Å². The van der Waals surface area contributed by atoms with Crippen LogP contribution in [0.15, 0.2) is 59.3 Å². The van der Waals surface area contributed by atoms with Gasteiger partial charge in [0, 0.05) is 12.4 Å². The second-order valence-electron chi connectivity index (χ2n) is 5.64. The summed E-state index contributed by atoms with van der Waals surface area (Å²) in [5.74, 6) is 1.05. The van der Waals surface area contributed by atoms with Gasteiger partial charge in [-0.1, -0.05) is 30.3 Å². The Hall–Kier alpha value is -2.95. The average molecular weight is 321 g/mol. The lowest BCUT2D eigenvalue weighted by molar-refractivity contribution is -0.121. The van der Waals surface area contributed by atoms with Gasteiger partial charge in [-0.3, -0.25) is 9.78 Å². The zero-order valence-electron chi connectivity index (χ0n) is 13.7. The van der Waals surface area contributed by atoms with Gasteiger partial charge < -0.3 is 9.73 Å². The van der Waals surface area contributed by atoms with E-state index in [0.717, 1.165) is 11.1 Å². The summed E-state index contributed by atoms with van der Waals surface area (Å²) >= 11 is 0. The van der Waals surface area contributed by atoms with Crippen molar-refractivity contribution in [3.63, 3.8) is 0 Å². The minimum atomic E-state index is -0.0829. The molecular weight excluding hydrogens is 302 g/mol. The fraction of sp³-hybridized carbons (Fsp3) is 0.211. The van der Waals surface area contributed by atoms with Crippen molar-refractivity contribution in [2.24, 2.45) is 0 Å². The Morgan fingerprint density at radius 2 is 2.00 bits per heavy atom. The highest BCUT2D eigenvalue weighted by Crippen LogP contribution is 2.21. The number of nitrogens with zero attached hydrogens (tertiary/aromatic N) is 2. The number of carbonyl (C=O) groups excluding carboxylic acids is 1. The monoisotopic (exact) mass is 321 g/mol. The van der Waals surface area contributed by atoms with E-state index >= 15 is 0 Å². The Bertz CT molecular complexity index is 813. The highest BCUT2D eigenvalue weighted by molar-refractivity contribution is 5.79. The number of benzene rings is 1. The number of carbonyl (C=O) groups is 1. The molecule has 2 heterocycles. The van der Waals surface area contributed by atoms with Crippen LogP contribution in [0.5, 0.6) is 0 Å². The molecule has 2 aromatic heterocycles. The van der Waals surface area contributed by atoms with Gasteiger partial charge in [-0.25, -0.2) is 4.98 Å². The van der Waals surface area contributed by atoms with Crippen molar-refractivity contribution in [2.45, 2.75) is 26.3 Å². The molecule has 0 saturated heterocycles. The first kappa shape index (κ1) is 15.9. The Labute approximate surface area is 140 Å². The molecule has 0 saturated carbocycles. The Kier molecular flexibility index (Phi) is 4.70. The lowest BCUT2D eigenvalue weighted by Crippen LogP contribution is -2.28. The molecule has 1 N–H and O–H groups in total. The number of hydrogen-bond donors (Lipinski definition) is 1. The summed E-state index contributed by atoms with van der Waals surface area (Å²) in [4.78, 5) is 20.8. The lowest BCUT2D eigenvalue weighted by Gasteiger charge is -2.13. The Morgan fingerprint density at radius 3 is 2.71 bits per heavy atom. The molecule has 1 aromatic carbocycles. The van der Waals surface area contributed by atoms with Crippen LogP contribution in [0.4, 0.5) is 0 Å². The molecule has 3 rings (SSSR count). The number of pyridine rings is 1. The van der Waals surface area contributed by atoms with Gasteiger partial charge in [0.15, 0.2) is 0 Å². The van der Waals surface area contributed by atoms with Crippen LogP contribution in [0.25, 0.3) is 11.5 Å². The van der Waals surface area contributed by atoms with Crippen LogP contribution in [-0.2, 0) is 11.2 Å². The molecule has 5 heteroatoms. The van der Waals surface area contributed by atoms with Crippen molar-refractivity contribution in [3.05, 3.63) is 71.9 Å². The summed E-state index contributed by atoms with van der Waals surface area (Å²) in [5.41, 5.74) is 2.51. The minimum Gasteiger partial charge on any atom is -0.441 e. The third kappa shape index (κ3) is 3.68. The van der Waals surface area contributed by atoms with Crippen molar-refractivity contribution in [1.29, 1.82) is 0 Å². The van der Waals surface area contributed by atoms with Gasteiger partial charge in [0.1, 0.15) is 5.76 Å². The Balaban J connectivity index is 1.68. The molecule has 0 radical (unpaired) electrons. The number of nitrogens with one attached hydrogen (secondary N) is 1. The largest absolute Gasteiger partial charge is 0.441 e. The average Bonchev–Trinajstić information content (AvgIpc) is 2.97. The summed E-state index contributed by atoms with van der Waals surface area (Å²) in [6.07, 6.45) is 3.57. The van der Waals surface area contributed by atoms with Gasteiger partial charge in [-0.2, -0.15) is 0 Å². The van der Waals surface area contributed by atoms with E-state index in [1.165, 1.54) is 0 Å². The quantitative estimate of drug-likeness (QED) is 0.781. The molecule has 1 atom stereocenters. The standard InChI is InChI=1S/C19H19N3O2/c1-13(15-7-4-3-5-8-15)21-18(23)11-17-14(2)24-19(22-17)16-9-6-10-20-12-16/h3-10,12-13H,11H2,1-2H3,(H,21,23). The summed E-state index contributed by atoms with van der Waals surface area (Å²) in [6, 6.07) is 13.5. The second-order valence-corrected chi connectivity index (χ2v) is 5.64. The van der Waals surface area contributed by atoms with E-state index in [0.29, 0.717) is 17.3 Å². The maximum absolute atomic E-state index is 12.3. The van der Waals surface area contributed by atoms with Crippen LogP contribution < -0.4 is 5.32 Å². The van der Waals surface area contributed by atoms with Gasteiger partial charge in [0.05, 0.1) is 23.7 Å². The number of aryl methyl sites for hydroxylation is 1. The zero-order chi connectivity index (χ0) is 16.9. The summed E-state index contributed by atoms with van der Waals surface area (Å²) in [6.45, 7) is 3.78. The van der Waals surface area contributed by atoms with Crippen molar-refractivity contribution in [3.8, 4) is 11.5 Å². The molecular formula is C19H19N3O2. The fourth-order valence-corrected chi connectivity index (χ4v) is 2.47. The maximum atomic E-state index is 12.3. The molecule has 0 spiro atoms. The molecule has 5 nitrogen and oxygen atoms in total. The molecule has 24 heavy (non-hydrogen) atoms. The SMILES string of the molecule is Cc1oc(-c2cccnc2)nc1CC(=O)NC(C)c1ccccc1. The van der Waals surface area contributed by atoms with E-state index < -0.39 is 0 Å². The van der Waals surface area contributed by atoms with Gasteiger partial charge in [-0.05, 0) is 31.5 Å². The zero-order valence-corrected chi connectivity index (χ0v) is 13.7. The first-order valence-electron chi connectivity index (χ1n) is 7.84. The van der Waals surface area contributed by atoms with Crippen LogP contribution in [0.1, 0.15) is 30.0 Å². The second kappa shape index (κ2) is 7.08. The lowest BCUT2D eigenvalue weighted by atomic mass is 10.1. The molecule has 0 aliphatic carbocycles. The smallest absolute Gasteiger partial charge is 0.228 e. The summed E-state index contributed by atoms with van der Waals surface area (Å²) < 4.78 is 5.66. The van der Waals surface area contributed by atoms with Crippen molar-refractivity contribution >= 4 is 5.91 Å². The van der Waals surface area contributed by atoms with E-state index in [4.69, 9.17) is 4.42 Å². The highest BCUT2D eigenvalue weighted by Gasteiger charge is 2.16. The van der Waals surface area contributed by atoms with Gasteiger partial charge in [-0.15, -0.1) is 0 Å². The van der Waals surface area contributed by atoms with E-state index in [1.54, 1.807) is 12.4 Å². The number of oxazole rings is 1. The third-order valence-electron chi connectivity index (χ3n) is 3.81. The predicted molar refractivity (Wildman–Crippen MR) is 91.2 cm³/mol. The minimum absolute atomic E-state index is 0.0521. The van der Waals surface area contributed by atoms with Crippen LogP contribution in [0.2, 0.25) is 0 Å². The van der Waals surface area contributed by atoms with Crippen molar-refractivity contribution in [2.75, 3.05) is 0 Å². The third-order valence-corrected chi connectivity index (χ3v) is 3.81. The number of rotatable bonds is 5. The molecule has 0 aliphatic rings. The van der Waals surface area contributed by atoms with E-state index in [2.05, 4.69) is 15.3 Å². The highest BCUT2D eigenvalue weighted by atomic mass is 16.4. The number of amides is 1. The van der Waals surface area contributed by atoms with Gasteiger partial charge in [0.2, 0.25) is 11.8 Å². The number of aromatic nitrogens is 2. The molecule has 0 bridgehead atoms. The van der Waals surface area contributed by atoms with Crippen LogP contribution in [-0.4, -0.2) is 15.9 Å². The van der Waals surface area contributed by atoms with Crippen molar-refractivity contribution < 1.29 is 9.21 Å². The van der Waals surface area contributed by atoms with Crippen molar-refractivity contribution in [1.82, 2.24) is 15.3 Å². The Morgan fingerprint density at radius 1 is 1.21 bits per heavy atom. The molecule has 122 valence electrons. The molecule has 1 amide bonds. The topological polar surface area (TPSA) is 68.0 Å². The molecule has 0 fully saturated rings. The van der Waals surface area contributed by atoms with E-state index in [9.17, 15) is 4.79 Å². The van der Waals surface area contributed by atoms with E-state index in [1.807, 2.05) is 56.3 Å². The van der Waals surface area contributed by atoms with Crippen LogP contribution in [0.3, 0.4) is 0 Å². The predicted octanol–water partition coefficient (Wildman–Crippen LogP) is 3.46. The number of hydrogen-bond acceptors (Lipinski definition) is 4. The summed E-state index contributed by atoms with van der Waals surface area (Å²) in [5, 5.41) is 2.99. The molecule has 1 unspecified atom stereocenters. The molecule has 3 aromatic rings. The van der Waals surface area contributed by atoms with Crippen LogP contribution >= 0.6 is 0 Å². The van der Waals surface area contributed by atoms with Gasteiger partial charge >= 0.3 is 0 Å². The normalized spacial score (nSPS) is 11.9. The van der Waals surface area contributed by atoms with Gasteiger partial charge in [0.25, 0.3) is 0 Å². The fourth-order valence-electron chi connectivity index (χ4n) is 2.47. The maximum Gasteiger partial charge on any atom is 0.228 e. The molecule has 0 aliphatic heterocycles. The first-order chi connectivity index (χ1) is 11.6. The summed E-state index contributed by atoms with van der Waals surface area (Å²) in [7, 11) is 0.